The second-order valence-electron chi connectivity index (χ2n) is 6.81. The number of carbonyl (C=O) groups excluding carboxylic acids is 1. The smallest absolute Gasteiger partial charge is 0.245 e. The van der Waals surface area contributed by atoms with E-state index in [-0.39, 0.29) is 12.5 Å². The van der Waals surface area contributed by atoms with Crippen LogP contribution in [0.1, 0.15) is 71.6 Å². The molecule has 0 aromatic heterocycles. The van der Waals surface area contributed by atoms with Crippen LogP contribution in [0.25, 0.3) is 0 Å². The normalized spacial score (nSPS) is 12.3. The maximum atomic E-state index is 11.1. The van der Waals surface area contributed by atoms with Crippen LogP contribution in [0.15, 0.2) is 0 Å². The fraction of sp³-hybridized carbons (Fsp3) is 0.950. The van der Waals surface area contributed by atoms with Gasteiger partial charge in [-0.3, -0.25) is 4.79 Å². The van der Waals surface area contributed by atoms with E-state index in [4.69, 9.17) is 14.2 Å². The van der Waals surface area contributed by atoms with Gasteiger partial charge in [-0.15, -0.1) is 0 Å². The van der Waals surface area contributed by atoms with E-state index in [0.717, 1.165) is 44.8 Å². The van der Waals surface area contributed by atoms with E-state index < -0.39 is 0 Å². The number of methoxy groups -OCH3 is 1. The van der Waals surface area contributed by atoms with E-state index in [1.54, 1.807) is 0 Å². The summed E-state index contributed by atoms with van der Waals surface area (Å²) < 4.78 is 15.9. The summed E-state index contributed by atoms with van der Waals surface area (Å²) in [4.78, 5) is 11.1. The highest BCUT2D eigenvalue weighted by molar-refractivity contribution is 5.77. The van der Waals surface area contributed by atoms with E-state index >= 15 is 0 Å². The second kappa shape index (κ2) is 19.7. The number of carbonyl (C=O) groups is 1. The summed E-state index contributed by atoms with van der Waals surface area (Å²) in [6.07, 6.45) is 10.8. The van der Waals surface area contributed by atoms with Crippen LogP contribution >= 0.6 is 0 Å². The first-order chi connectivity index (χ1) is 12.2. The van der Waals surface area contributed by atoms with E-state index in [1.807, 2.05) is 0 Å². The molecule has 1 amide bonds. The third-order valence-electron chi connectivity index (χ3n) is 4.20. The molecule has 5 nitrogen and oxygen atoms in total. The quantitative estimate of drug-likeness (QED) is 0.355. The molecular formula is C20H41NO4. The molecule has 0 aromatic rings. The van der Waals surface area contributed by atoms with Gasteiger partial charge in [0.05, 0.1) is 13.2 Å². The monoisotopic (exact) mass is 359 g/mol. The summed E-state index contributed by atoms with van der Waals surface area (Å²) in [7, 11) is 1.52. The van der Waals surface area contributed by atoms with E-state index in [1.165, 1.54) is 39.2 Å². The van der Waals surface area contributed by atoms with Crippen molar-refractivity contribution in [3.63, 3.8) is 0 Å². The molecule has 5 heteroatoms. The predicted octanol–water partition coefficient (Wildman–Crippen LogP) is 3.95. The summed E-state index contributed by atoms with van der Waals surface area (Å²) in [6.45, 7) is 8.46. The predicted molar refractivity (Wildman–Crippen MR) is 103 cm³/mol. The van der Waals surface area contributed by atoms with Crippen molar-refractivity contribution in [3.05, 3.63) is 0 Å². The Labute approximate surface area is 155 Å². The van der Waals surface area contributed by atoms with Crippen molar-refractivity contribution in [2.24, 2.45) is 5.92 Å². The molecule has 0 aromatic carbocycles. The summed E-state index contributed by atoms with van der Waals surface area (Å²) >= 11 is 0. The Bertz CT molecular complexity index is 287. The molecule has 1 unspecified atom stereocenters. The lowest BCUT2D eigenvalue weighted by atomic mass is 9.99. The SMILES string of the molecule is CCCC(C)CCCCCOCCOCCCCCNC(=O)COC. The summed E-state index contributed by atoms with van der Waals surface area (Å²) in [6, 6.07) is 0. The minimum Gasteiger partial charge on any atom is -0.379 e. The third kappa shape index (κ3) is 19.5. The van der Waals surface area contributed by atoms with Crippen LogP contribution in [0.3, 0.4) is 0 Å². The second-order valence-corrected chi connectivity index (χ2v) is 6.81. The van der Waals surface area contributed by atoms with Gasteiger partial charge in [0.2, 0.25) is 5.91 Å². The number of hydrogen-bond acceptors (Lipinski definition) is 4. The van der Waals surface area contributed by atoms with Gasteiger partial charge < -0.3 is 19.5 Å². The topological polar surface area (TPSA) is 56.8 Å². The van der Waals surface area contributed by atoms with Crippen molar-refractivity contribution in [1.82, 2.24) is 5.32 Å². The highest BCUT2D eigenvalue weighted by Crippen LogP contribution is 2.14. The van der Waals surface area contributed by atoms with Crippen molar-refractivity contribution in [1.29, 1.82) is 0 Å². The molecule has 0 rings (SSSR count). The van der Waals surface area contributed by atoms with Crippen molar-refractivity contribution in [2.45, 2.75) is 71.6 Å². The van der Waals surface area contributed by atoms with Crippen LogP contribution in [0.2, 0.25) is 0 Å². The molecule has 1 atom stereocenters. The first-order valence-electron chi connectivity index (χ1n) is 10.1. The van der Waals surface area contributed by atoms with Crippen molar-refractivity contribution in [3.8, 4) is 0 Å². The van der Waals surface area contributed by atoms with Gasteiger partial charge in [-0.05, 0) is 31.6 Å². The van der Waals surface area contributed by atoms with Gasteiger partial charge in [-0.25, -0.2) is 0 Å². The zero-order valence-corrected chi connectivity index (χ0v) is 16.8. The number of amides is 1. The van der Waals surface area contributed by atoms with Gasteiger partial charge in [0.25, 0.3) is 0 Å². The Morgan fingerprint density at radius 3 is 2.12 bits per heavy atom. The lowest BCUT2D eigenvalue weighted by Crippen LogP contribution is -2.27. The van der Waals surface area contributed by atoms with Crippen molar-refractivity contribution in [2.75, 3.05) is 46.7 Å². The molecule has 0 aliphatic rings. The Kier molecular flexibility index (Phi) is 19.2. The Morgan fingerprint density at radius 1 is 0.880 bits per heavy atom. The number of ether oxygens (including phenoxy) is 3. The Morgan fingerprint density at radius 2 is 1.52 bits per heavy atom. The first-order valence-corrected chi connectivity index (χ1v) is 10.1. The largest absolute Gasteiger partial charge is 0.379 e. The molecule has 0 spiro atoms. The van der Waals surface area contributed by atoms with Crippen LogP contribution in [0.5, 0.6) is 0 Å². The molecule has 150 valence electrons. The molecule has 1 N–H and O–H groups in total. The number of unbranched alkanes of at least 4 members (excludes halogenated alkanes) is 4. The molecule has 0 bridgehead atoms. The zero-order valence-electron chi connectivity index (χ0n) is 16.8. The van der Waals surface area contributed by atoms with Crippen LogP contribution in [-0.4, -0.2) is 52.6 Å². The maximum absolute atomic E-state index is 11.1. The van der Waals surface area contributed by atoms with Gasteiger partial charge >= 0.3 is 0 Å². The molecule has 0 saturated heterocycles. The average molecular weight is 360 g/mol. The van der Waals surface area contributed by atoms with E-state index in [0.29, 0.717) is 19.8 Å². The molecular weight excluding hydrogens is 318 g/mol. The van der Waals surface area contributed by atoms with Crippen LogP contribution in [0, 0.1) is 5.92 Å². The minimum absolute atomic E-state index is 0.0497. The summed E-state index contributed by atoms with van der Waals surface area (Å²) in [5.74, 6) is 0.826. The standard InChI is InChI=1S/C20H41NO4/c1-4-11-19(2)12-7-5-9-14-24-16-17-25-15-10-6-8-13-21-20(22)18-23-3/h19H,4-18H2,1-3H3,(H,21,22). The lowest BCUT2D eigenvalue weighted by Gasteiger charge is -2.09. The summed E-state index contributed by atoms with van der Waals surface area (Å²) in [5, 5.41) is 2.81. The third-order valence-corrected chi connectivity index (χ3v) is 4.20. The zero-order chi connectivity index (χ0) is 18.6. The molecule has 25 heavy (non-hydrogen) atoms. The van der Waals surface area contributed by atoms with Gasteiger partial charge in [0, 0.05) is 26.9 Å². The van der Waals surface area contributed by atoms with Gasteiger partial charge in [0.1, 0.15) is 6.61 Å². The van der Waals surface area contributed by atoms with E-state index in [9.17, 15) is 4.79 Å². The lowest BCUT2D eigenvalue weighted by molar-refractivity contribution is -0.124. The Hall–Kier alpha value is -0.650. The van der Waals surface area contributed by atoms with Gasteiger partial charge in [-0.1, -0.05) is 46.0 Å². The highest BCUT2D eigenvalue weighted by Gasteiger charge is 2.00. The fourth-order valence-electron chi connectivity index (χ4n) is 2.75. The van der Waals surface area contributed by atoms with E-state index in [2.05, 4.69) is 19.2 Å². The molecule has 0 saturated carbocycles. The van der Waals surface area contributed by atoms with Crippen molar-refractivity contribution >= 4 is 5.91 Å². The number of rotatable bonds is 19. The minimum atomic E-state index is -0.0497. The number of hydrogen-bond donors (Lipinski definition) is 1. The summed E-state index contributed by atoms with van der Waals surface area (Å²) in [5.41, 5.74) is 0. The molecule has 0 fully saturated rings. The van der Waals surface area contributed by atoms with Crippen LogP contribution < -0.4 is 5.32 Å². The maximum Gasteiger partial charge on any atom is 0.245 e. The molecule has 0 aliphatic carbocycles. The molecule has 0 heterocycles. The molecule has 0 radical (unpaired) electrons. The van der Waals surface area contributed by atoms with Crippen LogP contribution in [0.4, 0.5) is 0 Å². The average Bonchev–Trinajstić information content (AvgIpc) is 2.58. The fourth-order valence-corrected chi connectivity index (χ4v) is 2.75. The van der Waals surface area contributed by atoms with Crippen molar-refractivity contribution < 1.29 is 19.0 Å². The highest BCUT2D eigenvalue weighted by atomic mass is 16.5. The Balaban J connectivity index is 3.08. The van der Waals surface area contributed by atoms with Crippen LogP contribution in [-0.2, 0) is 19.0 Å². The van der Waals surface area contributed by atoms with Gasteiger partial charge in [-0.2, -0.15) is 0 Å². The first kappa shape index (κ1) is 24.4. The number of nitrogens with one attached hydrogen (secondary N) is 1. The molecule has 0 aliphatic heterocycles. The van der Waals surface area contributed by atoms with Gasteiger partial charge in [0.15, 0.2) is 0 Å².